The fourth-order valence-electron chi connectivity index (χ4n) is 6.88. The highest BCUT2D eigenvalue weighted by atomic mass is 32.2. The fourth-order valence-corrected chi connectivity index (χ4v) is 8.25. The quantitative estimate of drug-likeness (QED) is 0.252. The molecule has 2 saturated carbocycles. The van der Waals surface area contributed by atoms with E-state index in [0.717, 1.165) is 17.7 Å². The van der Waals surface area contributed by atoms with Gasteiger partial charge in [-0.25, -0.2) is 17.6 Å². The van der Waals surface area contributed by atoms with Crippen LogP contribution in [0.25, 0.3) is 0 Å². The number of sulfonamides is 1. The van der Waals surface area contributed by atoms with Crippen LogP contribution in [-0.4, -0.2) is 76.6 Å². The van der Waals surface area contributed by atoms with Crippen molar-refractivity contribution in [3.63, 3.8) is 0 Å². The van der Waals surface area contributed by atoms with Crippen LogP contribution in [0.5, 0.6) is 0 Å². The minimum absolute atomic E-state index is 0.125. The van der Waals surface area contributed by atoms with Crippen molar-refractivity contribution in [3.8, 4) is 0 Å². The number of alkyl halides is 3. The molecule has 0 spiro atoms. The minimum atomic E-state index is -4.55. The molecule has 6 rings (SSSR count). The van der Waals surface area contributed by atoms with Gasteiger partial charge in [0.15, 0.2) is 0 Å². The number of halogens is 4. The Morgan fingerprint density at radius 2 is 1.70 bits per heavy atom. The first-order valence-corrected chi connectivity index (χ1v) is 19.1. The second-order valence-corrected chi connectivity index (χ2v) is 17.1. The number of hydrogen-bond acceptors (Lipinski definition) is 7. The molecule has 2 aliphatic heterocycles. The molecule has 4 atom stereocenters. The molecule has 4 N–H and O–H groups in total. The van der Waals surface area contributed by atoms with Crippen molar-refractivity contribution in [2.45, 2.75) is 108 Å². The maximum atomic E-state index is 13.8. The lowest BCUT2D eigenvalue weighted by molar-refractivity contribution is -0.141. The number of nitrogens with one attached hydrogen (secondary N) is 3. The summed E-state index contributed by atoms with van der Waals surface area (Å²) in [6.45, 7) is 7.89. The van der Waals surface area contributed by atoms with Crippen molar-refractivity contribution < 1.29 is 50.3 Å². The topological polar surface area (TPSA) is 165 Å². The minimum Gasteiger partial charge on any atom is -0.465 e. The number of nitrogens with zero attached hydrogens (tertiary/aromatic N) is 2. The van der Waals surface area contributed by atoms with Crippen molar-refractivity contribution in [3.05, 3.63) is 65.0 Å². The van der Waals surface area contributed by atoms with E-state index >= 15 is 0 Å². The highest BCUT2D eigenvalue weighted by molar-refractivity contribution is 7.91. The Balaban J connectivity index is 0.000000347. The van der Waals surface area contributed by atoms with Crippen molar-refractivity contribution in [2.24, 2.45) is 11.3 Å². The maximum Gasteiger partial charge on any atom is 0.416 e. The van der Waals surface area contributed by atoms with Crippen molar-refractivity contribution >= 4 is 39.5 Å². The summed E-state index contributed by atoms with van der Waals surface area (Å²) in [6.07, 6.45) is -2.86. The predicted molar refractivity (Wildman–Crippen MR) is 186 cm³/mol. The molecule has 2 aromatic carbocycles. The monoisotopic (exact) mass is 767 g/mol. The van der Waals surface area contributed by atoms with Gasteiger partial charge in [-0.05, 0) is 73.3 Å². The number of fused-ring (bicyclic) bond motifs is 1. The molecular weight excluding hydrogens is 722 g/mol. The van der Waals surface area contributed by atoms with E-state index in [1.807, 2.05) is 6.92 Å². The van der Waals surface area contributed by atoms with Crippen LogP contribution in [0.15, 0.2) is 42.5 Å². The zero-order chi connectivity index (χ0) is 39.1. The molecule has 2 heterocycles. The lowest BCUT2D eigenvalue weighted by Crippen LogP contribution is -2.58. The Bertz CT molecular complexity index is 1860. The Hall–Kier alpha value is -4.41. The molecule has 1 saturated heterocycles. The second-order valence-electron chi connectivity index (χ2n) is 15.2. The molecule has 2 aliphatic carbocycles. The zero-order valence-electron chi connectivity index (χ0n) is 29.9. The largest absolute Gasteiger partial charge is 0.465 e. The molecule has 17 heteroatoms. The highest BCUT2D eigenvalue weighted by Gasteiger charge is 2.62. The lowest BCUT2D eigenvalue weighted by atomic mass is 9.85. The van der Waals surface area contributed by atoms with E-state index < -0.39 is 73.9 Å². The van der Waals surface area contributed by atoms with Crippen LogP contribution < -0.4 is 15.4 Å². The Morgan fingerprint density at radius 3 is 2.26 bits per heavy atom. The average molecular weight is 768 g/mol. The van der Waals surface area contributed by atoms with Gasteiger partial charge in [0.05, 0.1) is 17.4 Å². The summed E-state index contributed by atoms with van der Waals surface area (Å²) < 4.78 is 79.8. The molecule has 2 aromatic rings. The number of anilines is 1. The van der Waals surface area contributed by atoms with Gasteiger partial charge in [-0.2, -0.15) is 13.2 Å². The van der Waals surface area contributed by atoms with Gasteiger partial charge in [0.2, 0.25) is 21.8 Å². The average Bonchev–Trinajstić information content (AvgIpc) is 3.95. The van der Waals surface area contributed by atoms with Crippen LogP contribution in [0.4, 0.5) is 28.0 Å². The maximum absolute atomic E-state index is 13.8. The van der Waals surface area contributed by atoms with E-state index in [4.69, 9.17) is 5.11 Å². The third kappa shape index (κ3) is 8.87. The first kappa shape index (κ1) is 39.8. The number of carbonyl (C=O) groups is 4. The highest BCUT2D eigenvalue weighted by Crippen LogP contribution is 2.47. The molecule has 12 nitrogen and oxygen atoms in total. The van der Waals surface area contributed by atoms with Gasteiger partial charge < -0.3 is 20.6 Å². The first-order chi connectivity index (χ1) is 24.7. The Morgan fingerprint density at radius 1 is 1.02 bits per heavy atom. The number of amides is 4. The Labute approximate surface area is 305 Å². The number of carbonyl (C=O) groups excluding carboxylic acids is 3. The summed E-state index contributed by atoms with van der Waals surface area (Å²) in [6, 6.07) is 7.45. The Kier molecular flexibility index (Phi) is 11.1. The summed E-state index contributed by atoms with van der Waals surface area (Å²) in [7, 11) is -3.80. The molecule has 0 bridgehead atoms. The van der Waals surface area contributed by atoms with Crippen LogP contribution in [0.3, 0.4) is 0 Å². The molecule has 290 valence electrons. The fraction of sp³-hybridized carbons (Fsp3) is 0.556. The third-order valence-corrected chi connectivity index (χ3v) is 12.0. The van der Waals surface area contributed by atoms with E-state index in [1.165, 1.54) is 28.0 Å². The third-order valence-electron chi connectivity index (χ3n) is 10.2. The molecule has 3 unspecified atom stereocenters. The van der Waals surface area contributed by atoms with Gasteiger partial charge in [0.1, 0.15) is 23.4 Å². The van der Waals surface area contributed by atoms with Crippen LogP contribution in [0.2, 0.25) is 0 Å². The summed E-state index contributed by atoms with van der Waals surface area (Å²) in [5, 5.41) is 13.8. The number of benzene rings is 2. The summed E-state index contributed by atoms with van der Waals surface area (Å²) in [4.78, 5) is 53.6. The molecular formula is C36H45F4N5O7S. The lowest BCUT2D eigenvalue weighted by Gasteiger charge is -2.36. The van der Waals surface area contributed by atoms with Crippen LogP contribution in [-0.2, 0) is 43.7 Å². The van der Waals surface area contributed by atoms with Gasteiger partial charge in [-0.15, -0.1) is 0 Å². The number of likely N-dealkylation sites (tertiary alicyclic amines) is 1. The van der Waals surface area contributed by atoms with E-state index in [9.17, 15) is 45.2 Å². The van der Waals surface area contributed by atoms with E-state index in [0.29, 0.717) is 50.6 Å². The van der Waals surface area contributed by atoms with Crippen molar-refractivity contribution in [1.29, 1.82) is 0 Å². The molecule has 4 amide bonds. The summed E-state index contributed by atoms with van der Waals surface area (Å²) >= 11 is 0. The van der Waals surface area contributed by atoms with Gasteiger partial charge in [0, 0.05) is 24.3 Å². The van der Waals surface area contributed by atoms with Crippen LogP contribution in [0, 0.1) is 17.2 Å². The summed E-state index contributed by atoms with van der Waals surface area (Å²) in [5.41, 5.74) is -1.54. The number of hydrogen-bond donors (Lipinski definition) is 4. The molecule has 53 heavy (non-hydrogen) atoms. The zero-order valence-corrected chi connectivity index (χ0v) is 30.7. The van der Waals surface area contributed by atoms with E-state index in [2.05, 4.69) is 15.4 Å². The van der Waals surface area contributed by atoms with Crippen LogP contribution >= 0.6 is 0 Å². The number of rotatable bonds is 9. The summed E-state index contributed by atoms with van der Waals surface area (Å²) in [5.74, 6) is -2.30. The molecule has 0 aromatic heterocycles. The first-order valence-electron chi connectivity index (χ1n) is 17.5. The van der Waals surface area contributed by atoms with Gasteiger partial charge in [0.25, 0.3) is 5.91 Å². The van der Waals surface area contributed by atoms with E-state index in [-0.39, 0.29) is 30.5 Å². The molecule has 0 radical (unpaired) electrons. The normalized spacial score (nSPS) is 22.9. The van der Waals surface area contributed by atoms with Crippen molar-refractivity contribution in [2.75, 3.05) is 11.9 Å². The predicted octanol–water partition coefficient (Wildman–Crippen LogP) is 5.24. The molecule has 4 aliphatic rings. The van der Waals surface area contributed by atoms with E-state index in [1.54, 1.807) is 32.9 Å². The SMILES string of the molecule is CCC1CC1(NC(=O)C1CCCN1C(=O)[C@@H](Nc1cccc(C(F)(F)F)c1)C(C)(C)C)C(=O)NS(=O)(=O)C1CC1.O=C(O)N1Cc2cccc(F)c2C1. The van der Waals surface area contributed by atoms with Gasteiger partial charge in [-0.1, -0.05) is 52.3 Å². The standard InChI is InChI=1S/C27H37F3N4O5S.C9H8FNO2/c1-5-16-15-26(16,24(37)33-40(38,39)19-11-12-19)32-22(35)20-10-7-13-34(20)23(36)21(25(2,3)4)31-18-9-6-8-17(14-18)27(28,29)30;10-8-3-1-2-6-4-11(9(12)13)5-7(6)8/h6,8-9,14,16,19-21,31H,5,7,10-13,15H2,1-4H3,(H,32,35)(H,33,37);1-3H,4-5H2,(H,12,13)/t16?,20?,21-,26?;/m1./s1. The van der Waals surface area contributed by atoms with Gasteiger partial charge in [-0.3, -0.25) is 24.0 Å². The molecule has 3 fully saturated rings. The van der Waals surface area contributed by atoms with Crippen LogP contribution in [0.1, 0.15) is 82.9 Å². The van der Waals surface area contributed by atoms with Gasteiger partial charge >= 0.3 is 12.3 Å². The smallest absolute Gasteiger partial charge is 0.416 e. The second kappa shape index (κ2) is 14.8. The number of carboxylic acid groups (broad SMARTS) is 1. The van der Waals surface area contributed by atoms with Crippen molar-refractivity contribution in [1.82, 2.24) is 19.8 Å².